The molecule has 0 amide bonds. The summed E-state index contributed by atoms with van der Waals surface area (Å²) >= 11 is 0. The van der Waals surface area contributed by atoms with Gasteiger partial charge in [-0.2, -0.15) is 0 Å². The number of ether oxygens (including phenoxy) is 15. The van der Waals surface area contributed by atoms with Crippen LogP contribution in [-0.2, 0) is 127 Å². The van der Waals surface area contributed by atoms with E-state index in [1.165, 1.54) is 13.8 Å². The van der Waals surface area contributed by atoms with Crippen LogP contribution in [0.1, 0.15) is 80.5 Å². The van der Waals surface area contributed by atoms with Crippen LogP contribution in [0.5, 0.6) is 5.75 Å². The van der Waals surface area contributed by atoms with Crippen LogP contribution in [0, 0.1) is 0 Å². The van der Waals surface area contributed by atoms with Crippen molar-refractivity contribution in [2.75, 3.05) is 20.3 Å². The highest BCUT2D eigenvalue weighted by atomic mass is 28.4. The molecule has 10 rings (SSSR count). The van der Waals surface area contributed by atoms with Crippen LogP contribution in [0.3, 0.4) is 0 Å². The summed E-state index contributed by atoms with van der Waals surface area (Å²) < 4.78 is 111. The summed E-state index contributed by atoms with van der Waals surface area (Å²) in [7, 11) is -1.13. The molecule has 0 aliphatic carbocycles. The van der Waals surface area contributed by atoms with E-state index in [1.54, 1.807) is 7.11 Å². The van der Waals surface area contributed by atoms with Crippen molar-refractivity contribution in [3.63, 3.8) is 0 Å². The first-order chi connectivity index (χ1) is 47.0. The molecule has 3 heterocycles. The van der Waals surface area contributed by atoms with Gasteiger partial charge in [-0.15, -0.1) is 0 Å². The fourth-order valence-electron chi connectivity index (χ4n) is 11.8. The predicted octanol–water partition coefficient (Wildman–Crippen LogP) is 13.2. The fraction of sp³-hybridized carbons (Fsp3) is 0.436. The topological polar surface area (TPSA) is 182 Å². The largest absolute Gasteiger partial charge is 0.497 e. The maximum atomic E-state index is 13.9. The Morgan fingerprint density at radius 3 is 1.03 bits per heavy atom. The molecule has 3 saturated heterocycles. The zero-order valence-electron chi connectivity index (χ0n) is 57.0. The van der Waals surface area contributed by atoms with Gasteiger partial charge in [-0.25, -0.2) is 0 Å². The normalized spacial score (nSPS) is 26.0. The first-order valence-electron chi connectivity index (χ1n) is 33.4. The first-order valence-corrected chi connectivity index (χ1v) is 36.3. The van der Waals surface area contributed by atoms with E-state index in [1.807, 2.05) is 213 Å². The van der Waals surface area contributed by atoms with Crippen molar-refractivity contribution in [3.8, 4) is 5.75 Å². The van der Waals surface area contributed by atoms with Crippen LogP contribution in [0.4, 0.5) is 0 Å². The second-order valence-corrected chi connectivity index (χ2v) is 30.9. The van der Waals surface area contributed by atoms with Crippen LogP contribution >= 0.6 is 0 Å². The summed E-state index contributed by atoms with van der Waals surface area (Å²) in [4.78, 5) is 27.7. The molecule has 0 bridgehead atoms. The molecule has 0 N–H and O–H groups in total. The summed E-state index contributed by atoms with van der Waals surface area (Å²) in [5.74, 6) is -0.621. The lowest BCUT2D eigenvalue weighted by Gasteiger charge is -2.52. The molecule has 7 aromatic rings. The zero-order valence-corrected chi connectivity index (χ0v) is 58.0. The van der Waals surface area contributed by atoms with Gasteiger partial charge in [0.15, 0.2) is 33.1 Å². The first kappa shape index (κ1) is 72.7. The second kappa shape index (κ2) is 35.7. The van der Waals surface area contributed by atoms with Gasteiger partial charge in [-0.1, -0.05) is 215 Å². The number of hydrogen-bond acceptors (Lipinski definition) is 18. The molecule has 518 valence electrons. The monoisotopic (exact) mass is 1350 g/mol. The van der Waals surface area contributed by atoms with Gasteiger partial charge in [0.25, 0.3) is 0 Å². The number of methoxy groups -OCH3 is 1. The molecule has 7 aromatic carbocycles. The van der Waals surface area contributed by atoms with E-state index in [0.717, 1.165) is 38.9 Å². The molecular formula is C78H94O18Si. The molecule has 0 saturated carbocycles. The Balaban J connectivity index is 1.10. The molecule has 3 aliphatic heterocycles. The molecule has 15 atom stereocenters. The number of carbonyl (C=O) groups is 2. The minimum absolute atomic E-state index is 0.0182. The van der Waals surface area contributed by atoms with E-state index in [4.69, 9.17) is 75.5 Å². The van der Waals surface area contributed by atoms with E-state index < -0.39 is 112 Å². The minimum atomic E-state index is -2.75. The van der Waals surface area contributed by atoms with Crippen LogP contribution in [-0.4, -0.2) is 133 Å². The third kappa shape index (κ3) is 20.8. The SMILES string of the molecule is COc1ccc(CO[C@@H]2[C@H](O[C@H]3O[C@H](COCc4ccccc4)[C@@H](OCc4ccccc4)[C@H](OCc4ccccc4)[C@@H]3OC(C)=O)[C@H](O[C@H]3O[C@H](COCc4ccccc4)[C@@H](OCc4ccccc4)[C@H](OCc4ccccc4)[C@@H]3OC(C)=O)O[C@H](C)[C@H]2O[Si](C)(C)C(C)(C)C)cc1. The number of rotatable bonds is 32. The summed E-state index contributed by atoms with van der Waals surface area (Å²) in [6, 6.07) is 66.1. The Kier molecular flexibility index (Phi) is 26.7. The van der Waals surface area contributed by atoms with E-state index in [9.17, 15) is 9.59 Å². The van der Waals surface area contributed by atoms with E-state index in [-0.39, 0.29) is 64.5 Å². The summed E-state index contributed by atoms with van der Waals surface area (Å²) in [5, 5.41) is -0.298. The second-order valence-electron chi connectivity index (χ2n) is 26.2. The summed E-state index contributed by atoms with van der Waals surface area (Å²) in [5.41, 5.74) is 6.16. The van der Waals surface area contributed by atoms with Crippen molar-refractivity contribution in [2.24, 2.45) is 0 Å². The van der Waals surface area contributed by atoms with Gasteiger partial charge in [0.1, 0.15) is 54.6 Å². The van der Waals surface area contributed by atoms with E-state index in [2.05, 4.69) is 33.9 Å². The molecule has 0 spiro atoms. The third-order valence-electron chi connectivity index (χ3n) is 17.8. The fourth-order valence-corrected chi connectivity index (χ4v) is 13.1. The van der Waals surface area contributed by atoms with Crippen LogP contribution in [0.25, 0.3) is 0 Å². The lowest BCUT2D eigenvalue weighted by molar-refractivity contribution is -0.405. The molecule has 0 unspecified atom stereocenters. The van der Waals surface area contributed by atoms with Gasteiger partial charge in [0.05, 0.1) is 78.8 Å². The minimum Gasteiger partial charge on any atom is -0.497 e. The molecule has 97 heavy (non-hydrogen) atoms. The molecule has 0 radical (unpaired) electrons. The van der Waals surface area contributed by atoms with Gasteiger partial charge < -0.3 is 75.5 Å². The van der Waals surface area contributed by atoms with Crippen molar-refractivity contribution < 1.29 is 85.1 Å². The van der Waals surface area contributed by atoms with E-state index >= 15 is 0 Å². The number of hydrogen-bond donors (Lipinski definition) is 0. The average Bonchev–Trinajstić information content (AvgIpc) is 0.766. The van der Waals surface area contributed by atoms with Crippen LogP contribution < -0.4 is 4.74 Å². The van der Waals surface area contributed by atoms with Gasteiger partial charge in [-0.3, -0.25) is 9.59 Å². The van der Waals surface area contributed by atoms with Crippen LogP contribution in [0.15, 0.2) is 206 Å². The summed E-state index contributed by atoms with van der Waals surface area (Å²) in [6.45, 7) is 16.3. The van der Waals surface area contributed by atoms with Gasteiger partial charge in [-0.05, 0) is 76.1 Å². The number of benzene rings is 7. The van der Waals surface area contributed by atoms with Crippen LogP contribution in [0.2, 0.25) is 18.1 Å². The average molecular weight is 1350 g/mol. The van der Waals surface area contributed by atoms with Crippen molar-refractivity contribution >= 4 is 20.3 Å². The van der Waals surface area contributed by atoms with Gasteiger partial charge in [0, 0.05) is 13.8 Å². The maximum absolute atomic E-state index is 13.9. The predicted molar refractivity (Wildman–Crippen MR) is 365 cm³/mol. The Labute approximate surface area is 572 Å². The van der Waals surface area contributed by atoms with Gasteiger partial charge >= 0.3 is 11.9 Å². The standard InChI is InChI=1S/C78H94O18Si/c1-53-66(96-97(8,9)78(4,5)6)69(86-50-62-40-42-63(81-7)43-41-62)74(94-76-72(90-54(2)79)70(87-48-60-36-24-14-25-37-60)67(84-46-58-32-20-12-21-33-58)64(92-76)51-82-44-56-28-16-10-17-29-56)75(89-53)95-77-73(91-55(3)80)71(88-49-61-38-26-15-27-39-61)68(85-47-59-34-22-13-23-35-59)65(93-77)52-83-45-57-30-18-11-19-31-57/h10-43,53,64-77H,44-52H2,1-9H3/t53-,64-,65-,66-,67-,68-,69+,70+,71+,72+,73+,74+,75+,76-,77-/m1/s1. The molecule has 0 aromatic heterocycles. The quantitative estimate of drug-likeness (QED) is 0.0286. The summed E-state index contributed by atoms with van der Waals surface area (Å²) in [6.07, 6.45) is -17.0. The zero-order chi connectivity index (χ0) is 68.2. The van der Waals surface area contributed by atoms with Crippen molar-refractivity contribution in [1.29, 1.82) is 0 Å². The molecule has 3 aliphatic rings. The molecule has 19 heteroatoms. The number of carbonyl (C=O) groups excluding carboxylic acids is 2. The van der Waals surface area contributed by atoms with Crippen molar-refractivity contribution in [3.05, 3.63) is 245 Å². The highest BCUT2D eigenvalue weighted by Crippen LogP contribution is 2.43. The molecular weight excluding hydrogens is 1250 g/mol. The van der Waals surface area contributed by atoms with E-state index in [0.29, 0.717) is 5.75 Å². The Morgan fingerprint density at radius 2 is 0.691 bits per heavy atom. The van der Waals surface area contributed by atoms with Crippen molar-refractivity contribution in [1.82, 2.24) is 0 Å². The lowest BCUT2D eigenvalue weighted by Crippen LogP contribution is -2.68. The highest BCUT2D eigenvalue weighted by Gasteiger charge is 2.58. The Bertz CT molecular complexity index is 3420. The maximum Gasteiger partial charge on any atom is 0.303 e. The highest BCUT2D eigenvalue weighted by molar-refractivity contribution is 6.74. The molecule has 3 fully saturated rings. The lowest BCUT2D eigenvalue weighted by atomic mass is 9.96. The molecule has 18 nitrogen and oxygen atoms in total. The Hall–Kier alpha value is -7.02. The van der Waals surface area contributed by atoms with Gasteiger partial charge in [0.2, 0.25) is 6.29 Å². The third-order valence-corrected chi connectivity index (χ3v) is 22.3. The smallest absolute Gasteiger partial charge is 0.303 e. The number of esters is 2. The Morgan fingerprint density at radius 1 is 0.381 bits per heavy atom. The van der Waals surface area contributed by atoms with Crippen molar-refractivity contribution in [2.45, 2.75) is 198 Å².